The van der Waals surface area contributed by atoms with Crippen LogP contribution in [-0.4, -0.2) is 42.4 Å². The summed E-state index contributed by atoms with van der Waals surface area (Å²) >= 11 is 0. The molecule has 1 unspecified atom stereocenters. The number of rotatable bonds is 8. The molecule has 1 aromatic rings. The first kappa shape index (κ1) is 22.7. The Hall–Kier alpha value is -2.55. The van der Waals surface area contributed by atoms with Gasteiger partial charge in [-0.15, -0.1) is 0 Å². The van der Waals surface area contributed by atoms with Gasteiger partial charge < -0.3 is 23.9 Å². The van der Waals surface area contributed by atoms with E-state index in [1.54, 1.807) is 26.0 Å². The molecule has 1 aliphatic heterocycles. The molecule has 1 heterocycles. The van der Waals surface area contributed by atoms with Crippen LogP contribution < -0.4 is 4.65 Å². The number of fused-ring (bicyclic) bond motifs is 1. The van der Waals surface area contributed by atoms with Crippen molar-refractivity contribution in [3.63, 3.8) is 0 Å². The molecule has 0 aromatic heterocycles. The van der Waals surface area contributed by atoms with E-state index in [2.05, 4.69) is 0 Å². The molecule has 9 heteroatoms. The lowest BCUT2D eigenvalue weighted by molar-refractivity contribution is -0.119. The summed E-state index contributed by atoms with van der Waals surface area (Å²) in [6, 6.07) is 4.94. The molecule has 0 radical (unpaired) electrons. The molecule has 1 aromatic carbocycles. The van der Waals surface area contributed by atoms with Crippen molar-refractivity contribution in [3.05, 3.63) is 29.3 Å². The lowest BCUT2D eigenvalue weighted by Crippen LogP contribution is -2.36. The summed E-state index contributed by atoms with van der Waals surface area (Å²) in [5.41, 5.74) is 0.805. The molecule has 158 valence electrons. The van der Waals surface area contributed by atoms with Crippen LogP contribution in [0.2, 0.25) is 5.82 Å². The van der Waals surface area contributed by atoms with Crippen molar-refractivity contribution in [2.75, 3.05) is 0 Å². The standard InChI is InChI=1S/C20H27BO8/c1-5-7-16(22)11-15-10-14-8-6-9-17(18(14)29-21(15)25)19(23)27-13(4)28-20(24)26-12(2)3/h6,8-9,12-13,15,25H,5,7,10-11H2,1-4H3/t13?,15-/m1/s1. The van der Waals surface area contributed by atoms with Crippen molar-refractivity contribution in [3.8, 4) is 5.75 Å². The van der Waals surface area contributed by atoms with E-state index < -0.39 is 25.5 Å². The van der Waals surface area contributed by atoms with Crippen LogP contribution in [0.1, 0.15) is 62.9 Å². The largest absolute Gasteiger partial charge is 0.535 e. The first-order chi connectivity index (χ1) is 13.7. The predicted octanol–water partition coefficient (Wildman–Crippen LogP) is 3.30. The van der Waals surface area contributed by atoms with E-state index in [0.717, 1.165) is 6.42 Å². The zero-order valence-corrected chi connectivity index (χ0v) is 17.2. The molecule has 0 fully saturated rings. The monoisotopic (exact) mass is 406 g/mol. The highest BCUT2D eigenvalue weighted by molar-refractivity contribution is 6.47. The van der Waals surface area contributed by atoms with Crippen molar-refractivity contribution in [2.45, 2.75) is 71.6 Å². The maximum absolute atomic E-state index is 12.5. The fourth-order valence-electron chi connectivity index (χ4n) is 3.09. The predicted molar refractivity (Wildman–Crippen MR) is 105 cm³/mol. The number of carbonyl (C=O) groups is 3. The fraction of sp³-hybridized carbons (Fsp3) is 0.550. The van der Waals surface area contributed by atoms with Crippen LogP contribution in [0, 0.1) is 0 Å². The normalized spacial score (nSPS) is 16.5. The van der Waals surface area contributed by atoms with Crippen LogP contribution in [0.15, 0.2) is 18.2 Å². The zero-order valence-electron chi connectivity index (χ0n) is 17.2. The molecule has 0 amide bonds. The van der Waals surface area contributed by atoms with E-state index in [4.69, 9.17) is 18.9 Å². The van der Waals surface area contributed by atoms with Gasteiger partial charge in [0.15, 0.2) is 0 Å². The second kappa shape index (κ2) is 10.3. The number of para-hydroxylation sites is 1. The molecule has 0 aliphatic carbocycles. The van der Waals surface area contributed by atoms with Gasteiger partial charge in [0.25, 0.3) is 0 Å². The second-order valence-electron chi connectivity index (χ2n) is 7.27. The Balaban J connectivity index is 2.06. The molecule has 8 nitrogen and oxygen atoms in total. The van der Waals surface area contributed by atoms with Crippen LogP contribution in [0.4, 0.5) is 4.79 Å². The quantitative estimate of drug-likeness (QED) is 0.398. The third-order valence-corrected chi connectivity index (χ3v) is 4.33. The van der Waals surface area contributed by atoms with Crippen LogP contribution in [0.3, 0.4) is 0 Å². The number of Topliss-reactive ketones (excluding diaryl/α,β-unsaturated/α-hetero) is 1. The SMILES string of the molecule is CCCC(=O)C[C@H]1Cc2cccc(C(=O)OC(C)OC(=O)OC(C)C)c2OB1O. The molecule has 0 spiro atoms. The number of carbonyl (C=O) groups excluding carboxylic acids is 3. The highest BCUT2D eigenvalue weighted by Gasteiger charge is 2.38. The zero-order chi connectivity index (χ0) is 21.6. The summed E-state index contributed by atoms with van der Waals surface area (Å²) in [6.45, 7) is 6.64. The van der Waals surface area contributed by atoms with Crippen LogP contribution in [-0.2, 0) is 25.4 Å². The van der Waals surface area contributed by atoms with Gasteiger partial charge in [-0.05, 0) is 38.3 Å². The Bertz CT molecular complexity index is 748. The Morgan fingerprint density at radius 2 is 1.93 bits per heavy atom. The third-order valence-electron chi connectivity index (χ3n) is 4.33. The maximum Gasteiger partial charge on any atom is 0.526 e. The lowest BCUT2D eigenvalue weighted by atomic mass is 9.64. The van der Waals surface area contributed by atoms with Crippen molar-refractivity contribution >= 4 is 25.0 Å². The number of ketones is 1. The number of benzene rings is 1. The molecule has 2 rings (SSSR count). The van der Waals surface area contributed by atoms with Crippen molar-refractivity contribution in [2.24, 2.45) is 0 Å². The van der Waals surface area contributed by atoms with E-state index in [1.165, 1.54) is 13.0 Å². The molecule has 29 heavy (non-hydrogen) atoms. The van der Waals surface area contributed by atoms with E-state index in [0.29, 0.717) is 18.4 Å². The Kier molecular flexibility index (Phi) is 8.07. The van der Waals surface area contributed by atoms with Gasteiger partial charge in [0.2, 0.25) is 6.29 Å². The molecule has 1 N–H and O–H groups in total. The molecule has 2 atom stereocenters. The van der Waals surface area contributed by atoms with Gasteiger partial charge in [0, 0.05) is 25.6 Å². The first-order valence-electron chi connectivity index (χ1n) is 9.77. The molecule has 0 saturated heterocycles. The minimum absolute atomic E-state index is 0.0680. The highest BCUT2D eigenvalue weighted by atomic mass is 16.8. The smallest absolute Gasteiger partial charge is 0.526 e. The molecular weight excluding hydrogens is 379 g/mol. The number of hydrogen-bond acceptors (Lipinski definition) is 8. The number of hydrogen-bond donors (Lipinski definition) is 1. The minimum atomic E-state index is -1.20. The van der Waals surface area contributed by atoms with Crippen molar-refractivity contribution < 1.29 is 38.3 Å². The van der Waals surface area contributed by atoms with Crippen LogP contribution in [0.5, 0.6) is 5.75 Å². The molecular formula is C20H27BO8. The first-order valence-corrected chi connectivity index (χ1v) is 9.77. The number of esters is 1. The molecule has 0 bridgehead atoms. The van der Waals surface area contributed by atoms with Crippen LogP contribution in [0.25, 0.3) is 0 Å². The molecule has 0 saturated carbocycles. The van der Waals surface area contributed by atoms with E-state index in [-0.39, 0.29) is 35.4 Å². The Morgan fingerprint density at radius 1 is 1.21 bits per heavy atom. The van der Waals surface area contributed by atoms with Gasteiger partial charge in [-0.25, -0.2) is 9.59 Å². The topological polar surface area (TPSA) is 108 Å². The van der Waals surface area contributed by atoms with Gasteiger partial charge in [-0.2, -0.15) is 0 Å². The summed E-state index contributed by atoms with van der Waals surface area (Å²) in [5.74, 6) is -0.861. The second-order valence-corrected chi connectivity index (χ2v) is 7.27. The molecule has 1 aliphatic rings. The summed E-state index contributed by atoms with van der Waals surface area (Å²) in [5, 5.41) is 10.3. The highest BCUT2D eigenvalue weighted by Crippen LogP contribution is 2.36. The minimum Gasteiger partial charge on any atom is -0.535 e. The average Bonchev–Trinajstić information content (AvgIpc) is 2.61. The summed E-state index contributed by atoms with van der Waals surface area (Å²) < 4.78 is 20.4. The van der Waals surface area contributed by atoms with E-state index in [9.17, 15) is 19.4 Å². The Morgan fingerprint density at radius 3 is 2.59 bits per heavy atom. The van der Waals surface area contributed by atoms with Crippen LogP contribution >= 0.6 is 0 Å². The van der Waals surface area contributed by atoms with Gasteiger partial charge >= 0.3 is 19.2 Å². The van der Waals surface area contributed by atoms with E-state index in [1.807, 2.05) is 6.92 Å². The lowest BCUT2D eigenvalue weighted by Gasteiger charge is -2.28. The number of ether oxygens (including phenoxy) is 3. The maximum atomic E-state index is 12.5. The summed E-state index contributed by atoms with van der Waals surface area (Å²) in [4.78, 5) is 35.9. The van der Waals surface area contributed by atoms with E-state index >= 15 is 0 Å². The summed E-state index contributed by atoms with van der Waals surface area (Å²) in [7, 11) is -1.20. The van der Waals surface area contributed by atoms with Crippen molar-refractivity contribution in [1.82, 2.24) is 0 Å². The van der Waals surface area contributed by atoms with Gasteiger partial charge in [-0.3, -0.25) is 4.79 Å². The van der Waals surface area contributed by atoms with Gasteiger partial charge in [0.1, 0.15) is 17.1 Å². The average molecular weight is 406 g/mol. The fourth-order valence-corrected chi connectivity index (χ4v) is 3.09. The van der Waals surface area contributed by atoms with Crippen molar-refractivity contribution in [1.29, 1.82) is 0 Å². The summed E-state index contributed by atoms with van der Waals surface area (Å²) in [6.07, 6.45) is -0.649. The van der Waals surface area contributed by atoms with Gasteiger partial charge in [-0.1, -0.05) is 19.1 Å². The Labute approximate surface area is 170 Å². The third kappa shape index (κ3) is 6.49. The van der Waals surface area contributed by atoms with Gasteiger partial charge in [0.05, 0.1) is 6.10 Å².